The number of halogens is 1. The van der Waals surface area contributed by atoms with Gasteiger partial charge in [0.1, 0.15) is 5.75 Å². The molecule has 1 aliphatic rings. The first-order valence-corrected chi connectivity index (χ1v) is 7.05. The molecule has 0 aliphatic heterocycles. The third-order valence-electron chi connectivity index (χ3n) is 4.33. The maximum absolute atomic E-state index is 6.32. The molecule has 0 radical (unpaired) electrons. The van der Waals surface area contributed by atoms with E-state index in [-0.39, 0.29) is 5.41 Å². The molecule has 1 saturated carbocycles. The number of ether oxygens (including phenoxy) is 1. The van der Waals surface area contributed by atoms with E-state index in [2.05, 4.69) is 12.1 Å². The molecule has 3 heteroatoms. The van der Waals surface area contributed by atoms with Crippen molar-refractivity contribution >= 4 is 11.6 Å². The summed E-state index contributed by atoms with van der Waals surface area (Å²) in [6.45, 7) is 2.68. The average molecular weight is 268 g/mol. The van der Waals surface area contributed by atoms with Crippen LogP contribution in [0.25, 0.3) is 0 Å². The van der Waals surface area contributed by atoms with Gasteiger partial charge in [0.05, 0.1) is 7.11 Å². The Hall–Kier alpha value is -0.730. The molecule has 2 rings (SSSR count). The lowest BCUT2D eigenvalue weighted by Crippen LogP contribution is -2.37. The van der Waals surface area contributed by atoms with Crippen molar-refractivity contribution in [3.63, 3.8) is 0 Å². The van der Waals surface area contributed by atoms with Crippen LogP contribution in [0.2, 0.25) is 5.02 Å². The minimum absolute atomic E-state index is 0.100. The third-order valence-corrected chi connectivity index (χ3v) is 4.72. The highest BCUT2D eigenvalue weighted by Gasteiger charge is 2.33. The fourth-order valence-electron chi connectivity index (χ4n) is 3.01. The van der Waals surface area contributed by atoms with Crippen molar-refractivity contribution in [1.29, 1.82) is 0 Å². The van der Waals surface area contributed by atoms with Crippen LogP contribution in [0.5, 0.6) is 5.75 Å². The molecule has 0 spiro atoms. The first kappa shape index (κ1) is 13.7. The van der Waals surface area contributed by atoms with Crippen LogP contribution < -0.4 is 10.5 Å². The summed E-state index contributed by atoms with van der Waals surface area (Å²) in [7, 11) is 1.69. The highest BCUT2D eigenvalue weighted by atomic mass is 35.5. The van der Waals surface area contributed by atoms with E-state index >= 15 is 0 Å². The summed E-state index contributed by atoms with van der Waals surface area (Å²) in [4.78, 5) is 0. The van der Waals surface area contributed by atoms with E-state index in [1.807, 2.05) is 6.92 Å². The Morgan fingerprint density at radius 3 is 2.50 bits per heavy atom. The van der Waals surface area contributed by atoms with Crippen LogP contribution in [0.1, 0.15) is 43.2 Å². The molecule has 2 nitrogen and oxygen atoms in total. The van der Waals surface area contributed by atoms with Crippen LogP contribution in [0.15, 0.2) is 12.1 Å². The summed E-state index contributed by atoms with van der Waals surface area (Å²) in [6, 6.07) is 4.21. The van der Waals surface area contributed by atoms with Crippen LogP contribution in [0.4, 0.5) is 0 Å². The molecule has 1 aromatic rings. The van der Waals surface area contributed by atoms with Crippen molar-refractivity contribution in [1.82, 2.24) is 0 Å². The predicted molar refractivity (Wildman–Crippen MR) is 76.6 cm³/mol. The fourth-order valence-corrected chi connectivity index (χ4v) is 3.22. The zero-order valence-electron chi connectivity index (χ0n) is 11.3. The lowest BCUT2D eigenvalue weighted by Gasteiger charge is -2.37. The molecule has 100 valence electrons. The Morgan fingerprint density at radius 2 is 1.94 bits per heavy atom. The monoisotopic (exact) mass is 267 g/mol. The van der Waals surface area contributed by atoms with E-state index < -0.39 is 0 Å². The van der Waals surface area contributed by atoms with E-state index in [0.29, 0.717) is 6.54 Å². The Bertz CT molecular complexity index is 425. The van der Waals surface area contributed by atoms with Gasteiger partial charge in [-0.05, 0) is 37.5 Å². The van der Waals surface area contributed by atoms with E-state index in [4.69, 9.17) is 22.1 Å². The van der Waals surface area contributed by atoms with Gasteiger partial charge in [-0.1, -0.05) is 30.9 Å². The second-order valence-corrected chi connectivity index (χ2v) is 5.74. The molecule has 0 bridgehead atoms. The standard InChI is InChI=1S/C15H22ClNO/c1-11-13(16)8-12(9-14(11)18-2)15(10-17)6-4-3-5-7-15/h8-9H,3-7,10,17H2,1-2H3. The largest absolute Gasteiger partial charge is 0.496 e. The van der Waals surface area contributed by atoms with Crippen LogP contribution in [0.3, 0.4) is 0 Å². The van der Waals surface area contributed by atoms with Crippen molar-refractivity contribution in [2.45, 2.75) is 44.4 Å². The van der Waals surface area contributed by atoms with Crippen LogP contribution in [-0.4, -0.2) is 13.7 Å². The second-order valence-electron chi connectivity index (χ2n) is 5.33. The molecule has 1 fully saturated rings. The maximum Gasteiger partial charge on any atom is 0.123 e. The first-order valence-electron chi connectivity index (χ1n) is 6.67. The summed E-state index contributed by atoms with van der Waals surface area (Å²) in [5.41, 5.74) is 8.42. The zero-order chi connectivity index (χ0) is 13.2. The van der Waals surface area contributed by atoms with Gasteiger partial charge in [0.2, 0.25) is 0 Å². The highest BCUT2D eigenvalue weighted by Crippen LogP contribution is 2.41. The van der Waals surface area contributed by atoms with Crippen molar-refractivity contribution in [2.24, 2.45) is 5.73 Å². The van der Waals surface area contributed by atoms with Crippen molar-refractivity contribution in [2.75, 3.05) is 13.7 Å². The SMILES string of the molecule is COc1cc(C2(CN)CCCCC2)cc(Cl)c1C. The summed E-state index contributed by atoms with van der Waals surface area (Å²) in [5, 5.41) is 0.780. The topological polar surface area (TPSA) is 35.2 Å². The first-order chi connectivity index (χ1) is 8.63. The maximum atomic E-state index is 6.32. The number of hydrogen-bond acceptors (Lipinski definition) is 2. The summed E-state index contributed by atoms with van der Waals surface area (Å²) >= 11 is 6.32. The lowest BCUT2D eigenvalue weighted by molar-refractivity contribution is 0.299. The smallest absolute Gasteiger partial charge is 0.123 e. The Morgan fingerprint density at radius 1 is 1.28 bits per heavy atom. The number of hydrogen-bond donors (Lipinski definition) is 1. The van der Waals surface area contributed by atoms with E-state index in [1.54, 1.807) is 7.11 Å². The Labute approximate surface area is 114 Å². The minimum atomic E-state index is 0.100. The Balaban J connectivity index is 2.45. The van der Waals surface area contributed by atoms with Gasteiger partial charge in [0, 0.05) is 22.5 Å². The molecule has 18 heavy (non-hydrogen) atoms. The molecule has 0 unspecified atom stereocenters. The van der Waals surface area contributed by atoms with Crippen molar-refractivity contribution < 1.29 is 4.74 Å². The summed E-state index contributed by atoms with van der Waals surface area (Å²) in [6.07, 6.45) is 6.15. The highest BCUT2D eigenvalue weighted by molar-refractivity contribution is 6.31. The number of nitrogens with two attached hydrogens (primary N) is 1. The van der Waals surface area contributed by atoms with Gasteiger partial charge >= 0.3 is 0 Å². The van der Waals surface area contributed by atoms with Gasteiger partial charge in [-0.15, -0.1) is 0 Å². The predicted octanol–water partition coefficient (Wildman–Crippen LogP) is 3.82. The van der Waals surface area contributed by atoms with Crippen molar-refractivity contribution in [3.8, 4) is 5.75 Å². The molecule has 2 N–H and O–H groups in total. The van der Waals surface area contributed by atoms with Crippen molar-refractivity contribution in [3.05, 3.63) is 28.3 Å². The van der Waals surface area contributed by atoms with Crippen LogP contribution in [-0.2, 0) is 5.41 Å². The zero-order valence-corrected chi connectivity index (χ0v) is 12.0. The quantitative estimate of drug-likeness (QED) is 0.904. The third kappa shape index (κ3) is 2.36. The van der Waals surface area contributed by atoms with E-state index in [0.717, 1.165) is 29.2 Å². The number of benzene rings is 1. The molecule has 0 aromatic heterocycles. The fraction of sp³-hybridized carbons (Fsp3) is 0.600. The summed E-state index contributed by atoms with van der Waals surface area (Å²) in [5.74, 6) is 0.871. The molecule has 0 heterocycles. The number of methoxy groups -OCH3 is 1. The molecule has 0 atom stereocenters. The molecular formula is C15H22ClNO. The van der Waals surface area contributed by atoms with Crippen LogP contribution >= 0.6 is 11.6 Å². The molecule has 1 aromatic carbocycles. The van der Waals surface area contributed by atoms with Gasteiger partial charge in [-0.25, -0.2) is 0 Å². The molecule has 1 aliphatic carbocycles. The van der Waals surface area contributed by atoms with Crippen LogP contribution in [0, 0.1) is 6.92 Å². The van der Waals surface area contributed by atoms with Gasteiger partial charge < -0.3 is 10.5 Å². The van der Waals surface area contributed by atoms with Gasteiger partial charge in [0.25, 0.3) is 0 Å². The second kappa shape index (κ2) is 5.50. The van der Waals surface area contributed by atoms with E-state index in [9.17, 15) is 0 Å². The van der Waals surface area contributed by atoms with Gasteiger partial charge in [-0.2, -0.15) is 0 Å². The lowest BCUT2D eigenvalue weighted by atomic mass is 9.69. The average Bonchev–Trinajstić information content (AvgIpc) is 2.42. The van der Waals surface area contributed by atoms with Gasteiger partial charge in [-0.3, -0.25) is 0 Å². The molecule has 0 amide bonds. The minimum Gasteiger partial charge on any atom is -0.496 e. The normalized spacial score (nSPS) is 18.7. The molecule has 0 saturated heterocycles. The van der Waals surface area contributed by atoms with E-state index in [1.165, 1.54) is 24.8 Å². The number of rotatable bonds is 3. The van der Waals surface area contributed by atoms with Gasteiger partial charge in [0.15, 0.2) is 0 Å². The summed E-state index contributed by atoms with van der Waals surface area (Å²) < 4.78 is 5.42. The Kier molecular flexibility index (Phi) is 4.18. The molecular weight excluding hydrogens is 246 g/mol.